The third-order valence-corrected chi connectivity index (χ3v) is 3.08. The predicted octanol–water partition coefficient (Wildman–Crippen LogP) is 3.33. The fraction of sp³-hybridized carbons (Fsp3) is 0.182. The van der Waals surface area contributed by atoms with Gasteiger partial charge in [0, 0.05) is 23.7 Å². The molecule has 2 nitrogen and oxygen atoms in total. The number of hydrogen-bond acceptors (Lipinski definition) is 3. The van der Waals surface area contributed by atoms with Gasteiger partial charge in [0.05, 0.1) is 10.6 Å². The Hall–Kier alpha value is -1.56. The molecule has 0 amide bonds. The first-order valence-electron chi connectivity index (χ1n) is 4.81. The van der Waals surface area contributed by atoms with Gasteiger partial charge < -0.3 is 5.73 Å². The molecule has 2 aromatic rings. The summed E-state index contributed by atoms with van der Waals surface area (Å²) in [5.41, 5.74) is 5.70. The van der Waals surface area contributed by atoms with Gasteiger partial charge in [-0.2, -0.15) is 13.2 Å². The van der Waals surface area contributed by atoms with Crippen LogP contribution in [0.1, 0.15) is 16.1 Å². The van der Waals surface area contributed by atoms with E-state index in [9.17, 15) is 13.2 Å². The largest absolute Gasteiger partial charge is 0.416 e. The number of anilines is 1. The molecule has 0 aliphatic rings. The molecule has 0 fully saturated rings. The van der Waals surface area contributed by atoms with E-state index in [4.69, 9.17) is 5.73 Å². The molecule has 0 saturated heterocycles. The summed E-state index contributed by atoms with van der Waals surface area (Å²) in [6.45, 7) is 0. The van der Waals surface area contributed by atoms with Gasteiger partial charge in [0.1, 0.15) is 0 Å². The Morgan fingerprint density at radius 1 is 1.29 bits per heavy atom. The number of nitrogen functional groups attached to an aromatic ring is 1. The minimum Gasteiger partial charge on any atom is -0.398 e. The lowest BCUT2D eigenvalue weighted by molar-refractivity contribution is -0.137. The van der Waals surface area contributed by atoms with Crippen molar-refractivity contribution in [1.29, 1.82) is 0 Å². The number of alkyl halides is 3. The standard InChI is InChI=1S/C11H9F3N2S/c12-11(13,14)8-2-1-7(9(15)6-8)5-10-16-3-4-17-10/h1-4,6H,5,15H2. The zero-order valence-electron chi connectivity index (χ0n) is 8.66. The van der Waals surface area contributed by atoms with E-state index >= 15 is 0 Å². The van der Waals surface area contributed by atoms with Gasteiger partial charge in [-0.1, -0.05) is 6.07 Å². The van der Waals surface area contributed by atoms with Crippen molar-refractivity contribution in [3.63, 3.8) is 0 Å². The highest BCUT2D eigenvalue weighted by Gasteiger charge is 2.30. The van der Waals surface area contributed by atoms with Crippen molar-refractivity contribution < 1.29 is 13.2 Å². The van der Waals surface area contributed by atoms with Gasteiger partial charge in [0.2, 0.25) is 0 Å². The van der Waals surface area contributed by atoms with Crippen molar-refractivity contribution in [3.8, 4) is 0 Å². The summed E-state index contributed by atoms with van der Waals surface area (Å²) in [5.74, 6) is 0. The third kappa shape index (κ3) is 2.76. The van der Waals surface area contributed by atoms with Crippen molar-refractivity contribution in [2.75, 3.05) is 5.73 Å². The fourth-order valence-electron chi connectivity index (χ4n) is 1.44. The number of rotatable bonds is 2. The highest BCUT2D eigenvalue weighted by atomic mass is 32.1. The normalized spacial score (nSPS) is 11.7. The third-order valence-electron chi connectivity index (χ3n) is 2.30. The van der Waals surface area contributed by atoms with Crippen molar-refractivity contribution in [2.24, 2.45) is 0 Å². The Morgan fingerprint density at radius 3 is 2.59 bits per heavy atom. The molecule has 2 N–H and O–H groups in total. The maximum Gasteiger partial charge on any atom is 0.416 e. The Balaban J connectivity index is 2.26. The zero-order valence-corrected chi connectivity index (χ0v) is 9.48. The monoisotopic (exact) mass is 258 g/mol. The van der Waals surface area contributed by atoms with E-state index in [0.717, 1.165) is 17.1 Å². The van der Waals surface area contributed by atoms with Crippen molar-refractivity contribution >= 4 is 17.0 Å². The fourth-order valence-corrected chi connectivity index (χ4v) is 2.07. The molecule has 1 heterocycles. The molecule has 2 rings (SSSR count). The number of benzene rings is 1. The molecular weight excluding hydrogens is 249 g/mol. The first-order valence-corrected chi connectivity index (χ1v) is 5.69. The Labute approximate surface area is 99.9 Å². The Morgan fingerprint density at radius 2 is 2.06 bits per heavy atom. The minimum atomic E-state index is -4.35. The molecule has 0 radical (unpaired) electrons. The van der Waals surface area contributed by atoms with E-state index in [2.05, 4.69) is 4.98 Å². The van der Waals surface area contributed by atoms with Gasteiger partial charge in [-0.15, -0.1) is 11.3 Å². The van der Waals surface area contributed by atoms with Crippen LogP contribution < -0.4 is 5.73 Å². The number of hydrogen-bond donors (Lipinski definition) is 1. The number of nitrogens with zero attached hydrogens (tertiary/aromatic N) is 1. The van der Waals surface area contributed by atoms with E-state index < -0.39 is 11.7 Å². The lowest BCUT2D eigenvalue weighted by Gasteiger charge is -2.10. The lowest BCUT2D eigenvalue weighted by atomic mass is 10.1. The maximum absolute atomic E-state index is 12.4. The second-order valence-electron chi connectivity index (χ2n) is 3.51. The molecule has 6 heteroatoms. The smallest absolute Gasteiger partial charge is 0.398 e. The second-order valence-corrected chi connectivity index (χ2v) is 4.49. The quantitative estimate of drug-likeness (QED) is 0.839. The topological polar surface area (TPSA) is 38.9 Å². The zero-order chi connectivity index (χ0) is 12.5. The summed E-state index contributed by atoms with van der Waals surface area (Å²) in [5, 5.41) is 2.65. The summed E-state index contributed by atoms with van der Waals surface area (Å²) >= 11 is 1.45. The molecule has 17 heavy (non-hydrogen) atoms. The van der Waals surface area contributed by atoms with Crippen LogP contribution in [0.25, 0.3) is 0 Å². The van der Waals surface area contributed by atoms with Crippen molar-refractivity contribution in [2.45, 2.75) is 12.6 Å². The van der Waals surface area contributed by atoms with Crippen LogP contribution in [0.3, 0.4) is 0 Å². The van der Waals surface area contributed by atoms with Crippen LogP contribution in [0.4, 0.5) is 18.9 Å². The molecule has 0 unspecified atom stereocenters. The first-order chi connectivity index (χ1) is 7.97. The first kappa shape index (κ1) is 11.9. The van der Waals surface area contributed by atoms with Gasteiger partial charge >= 0.3 is 6.18 Å². The number of halogens is 3. The summed E-state index contributed by atoms with van der Waals surface area (Å²) in [4.78, 5) is 4.06. The van der Waals surface area contributed by atoms with Crippen LogP contribution in [0.2, 0.25) is 0 Å². The summed E-state index contributed by atoms with van der Waals surface area (Å²) in [7, 11) is 0. The Kier molecular flexibility index (Phi) is 3.06. The van der Waals surface area contributed by atoms with Gasteiger partial charge in [-0.3, -0.25) is 0 Å². The SMILES string of the molecule is Nc1cc(C(F)(F)F)ccc1Cc1nccs1. The predicted molar refractivity (Wildman–Crippen MR) is 60.8 cm³/mol. The van der Waals surface area contributed by atoms with Gasteiger partial charge in [0.15, 0.2) is 0 Å². The van der Waals surface area contributed by atoms with Crippen LogP contribution in [0.15, 0.2) is 29.8 Å². The summed E-state index contributed by atoms with van der Waals surface area (Å²) in [6.07, 6.45) is -2.24. The number of aromatic nitrogens is 1. The molecule has 0 bridgehead atoms. The minimum absolute atomic E-state index is 0.148. The number of nitrogens with two attached hydrogens (primary N) is 1. The van der Waals surface area contributed by atoms with E-state index in [0.29, 0.717) is 12.0 Å². The van der Waals surface area contributed by atoms with E-state index in [1.54, 1.807) is 6.20 Å². The van der Waals surface area contributed by atoms with Crippen LogP contribution in [0, 0.1) is 0 Å². The van der Waals surface area contributed by atoms with Gasteiger partial charge in [-0.25, -0.2) is 4.98 Å². The van der Waals surface area contributed by atoms with Crippen LogP contribution in [-0.4, -0.2) is 4.98 Å². The highest BCUT2D eigenvalue weighted by Crippen LogP contribution is 2.31. The average molecular weight is 258 g/mol. The molecule has 0 atom stereocenters. The lowest BCUT2D eigenvalue weighted by Crippen LogP contribution is -2.07. The average Bonchev–Trinajstić information content (AvgIpc) is 2.72. The van der Waals surface area contributed by atoms with Gasteiger partial charge in [-0.05, 0) is 17.7 Å². The van der Waals surface area contributed by atoms with Crippen molar-refractivity contribution in [3.05, 3.63) is 45.9 Å². The molecule has 0 aliphatic heterocycles. The molecule has 1 aromatic carbocycles. The molecule has 90 valence electrons. The molecule has 0 aliphatic carbocycles. The molecular formula is C11H9F3N2S. The van der Waals surface area contributed by atoms with E-state index in [-0.39, 0.29) is 5.69 Å². The molecule has 0 spiro atoms. The molecule has 1 aromatic heterocycles. The molecule has 0 saturated carbocycles. The van der Waals surface area contributed by atoms with Crippen LogP contribution in [-0.2, 0) is 12.6 Å². The Bertz CT molecular complexity index is 506. The van der Waals surface area contributed by atoms with Crippen LogP contribution >= 0.6 is 11.3 Å². The second kappa shape index (κ2) is 4.37. The highest BCUT2D eigenvalue weighted by molar-refractivity contribution is 7.09. The summed E-state index contributed by atoms with van der Waals surface area (Å²) in [6, 6.07) is 3.40. The van der Waals surface area contributed by atoms with Crippen molar-refractivity contribution in [1.82, 2.24) is 4.98 Å². The van der Waals surface area contributed by atoms with E-state index in [1.807, 2.05) is 5.38 Å². The number of thiazole rings is 1. The van der Waals surface area contributed by atoms with E-state index in [1.165, 1.54) is 17.4 Å². The van der Waals surface area contributed by atoms with Crippen LogP contribution in [0.5, 0.6) is 0 Å². The van der Waals surface area contributed by atoms with Gasteiger partial charge in [0.25, 0.3) is 0 Å². The maximum atomic E-state index is 12.4. The summed E-state index contributed by atoms with van der Waals surface area (Å²) < 4.78 is 37.2.